The molecule has 1 atom stereocenters. The molecule has 5 rings (SSSR count). The largest absolute Gasteiger partial charge is 0.466 e. The van der Waals surface area contributed by atoms with Crippen molar-refractivity contribution in [3.8, 4) is 11.3 Å². The lowest BCUT2D eigenvalue weighted by Gasteiger charge is -2.26. The Hall–Kier alpha value is -3.32. The quantitative estimate of drug-likeness (QED) is 0.527. The maximum Gasteiger partial charge on any atom is 0.331 e. The predicted molar refractivity (Wildman–Crippen MR) is 109 cm³/mol. The molecule has 0 bridgehead atoms. The summed E-state index contributed by atoms with van der Waals surface area (Å²) < 4.78 is 16.5. The molecule has 0 amide bonds. The molecule has 1 aliphatic heterocycles. The molecule has 4 aromatic rings. The first-order valence-corrected chi connectivity index (χ1v) is 9.53. The Labute approximate surface area is 166 Å². The number of rotatable bonds is 2. The second-order valence-corrected chi connectivity index (χ2v) is 7.45. The van der Waals surface area contributed by atoms with Gasteiger partial charge in [-0.2, -0.15) is 0 Å². The molecule has 0 unspecified atom stereocenters. The van der Waals surface area contributed by atoms with Crippen molar-refractivity contribution in [1.29, 1.82) is 0 Å². The first-order chi connectivity index (χ1) is 14.0. The molecular formula is C22H21N3O4. The average molecular weight is 391 g/mol. The minimum absolute atomic E-state index is 0.307. The minimum atomic E-state index is -0.488. The maximum atomic E-state index is 13.2. The predicted octanol–water partition coefficient (Wildman–Crippen LogP) is 2.73. The van der Waals surface area contributed by atoms with Crippen LogP contribution in [0.4, 0.5) is 0 Å². The molecule has 148 valence electrons. The Morgan fingerprint density at radius 3 is 2.48 bits per heavy atom. The Kier molecular flexibility index (Phi) is 3.89. The number of aromatic nitrogens is 3. The number of furan rings is 1. The lowest BCUT2D eigenvalue weighted by molar-refractivity contribution is 0.0347. The fraction of sp³-hybridized carbons (Fsp3) is 0.273. The SMILES string of the molecule is Cc1ccc(-c2c3c(=O)n(C)c(=O)n(C)c3c3n2CCO[C@H]3c2ccco2)cc1. The van der Waals surface area contributed by atoms with Gasteiger partial charge in [0.1, 0.15) is 5.76 Å². The van der Waals surface area contributed by atoms with Gasteiger partial charge in [0.2, 0.25) is 0 Å². The van der Waals surface area contributed by atoms with Crippen molar-refractivity contribution in [1.82, 2.24) is 13.7 Å². The molecule has 1 aliphatic rings. The normalized spacial score (nSPS) is 16.3. The molecule has 7 heteroatoms. The van der Waals surface area contributed by atoms with Gasteiger partial charge in [0.05, 0.1) is 35.2 Å². The molecule has 1 aromatic carbocycles. The number of benzene rings is 1. The highest BCUT2D eigenvalue weighted by molar-refractivity contribution is 5.96. The van der Waals surface area contributed by atoms with E-state index in [1.54, 1.807) is 13.3 Å². The molecule has 0 fully saturated rings. The molecule has 0 radical (unpaired) electrons. The van der Waals surface area contributed by atoms with Crippen molar-refractivity contribution in [2.75, 3.05) is 6.61 Å². The molecule has 0 N–H and O–H groups in total. The van der Waals surface area contributed by atoms with Crippen molar-refractivity contribution in [3.63, 3.8) is 0 Å². The zero-order chi connectivity index (χ0) is 20.3. The van der Waals surface area contributed by atoms with E-state index in [2.05, 4.69) is 4.57 Å². The lowest BCUT2D eigenvalue weighted by atomic mass is 10.1. The third-order valence-corrected chi connectivity index (χ3v) is 5.68. The second-order valence-electron chi connectivity index (χ2n) is 7.45. The molecule has 4 heterocycles. The lowest BCUT2D eigenvalue weighted by Crippen LogP contribution is -2.37. The summed E-state index contributed by atoms with van der Waals surface area (Å²) in [6, 6.07) is 11.7. The van der Waals surface area contributed by atoms with Crippen LogP contribution in [-0.2, 0) is 25.4 Å². The van der Waals surface area contributed by atoms with Gasteiger partial charge in [-0.3, -0.25) is 13.9 Å². The standard InChI is InChI=1S/C22H21N3O4/c1-13-6-8-14(9-7-13)17-16-18(23(2)22(27)24(3)21(16)26)19-20(15-5-4-11-28-15)29-12-10-25(17)19/h4-9,11,20H,10,12H2,1-3H3/t20-/m0/s1. The number of hydrogen-bond donors (Lipinski definition) is 0. The van der Waals surface area contributed by atoms with Crippen LogP contribution in [0.3, 0.4) is 0 Å². The average Bonchev–Trinajstić information content (AvgIpc) is 3.37. The Balaban J connectivity index is 1.97. The van der Waals surface area contributed by atoms with Crippen molar-refractivity contribution in [2.24, 2.45) is 14.1 Å². The molecule has 29 heavy (non-hydrogen) atoms. The first-order valence-electron chi connectivity index (χ1n) is 9.53. The van der Waals surface area contributed by atoms with Crippen LogP contribution in [0, 0.1) is 6.92 Å². The minimum Gasteiger partial charge on any atom is -0.466 e. The summed E-state index contributed by atoms with van der Waals surface area (Å²) in [5.41, 5.74) is 3.58. The topological polar surface area (TPSA) is 71.3 Å². The Bertz CT molecular complexity index is 1340. The first kappa shape index (κ1) is 17.8. The fourth-order valence-corrected chi connectivity index (χ4v) is 4.25. The van der Waals surface area contributed by atoms with Crippen LogP contribution in [0.25, 0.3) is 22.2 Å². The van der Waals surface area contributed by atoms with Crippen molar-refractivity contribution in [3.05, 3.63) is 80.5 Å². The molecule has 0 saturated carbocycles. The van der Waals surface area contributed by atoms with E-state index in [-0.39, 0.29) is 11.2 Å². The van der Waals surface area contributed by atoms with Crippen molar-refractivity contribution < 1.29 is 9.15 Å². The zero-order valence-corrected chi connectivity index (χ0v) is 16.5. The van der Waals surface area contributed by atoms with Gasteiger partial charge >= 0.3 is 5.69 Å². The molecule has 7 nitrogen and oxygen atoms in total. The summed E-state index contributed by atoms with van der Waals surface area (Å²) in [5.74, 6) is 0.647. The third-order valence-electron chi connectivity index (χ3n) is 5.68. The Morgan fingerprint density at radius 2 is 1.79 bits per heavy atom. The third kappa shape index (κ3) is 2.47. The number of hydrogen-bond acceptors (Lipinski definition) is 4. The highest BCUT2D eigenvalue weighted by atomic mass is 16.5. The van der Waals surface area contributed by atoms with Crippen LogP contribution in [-0.4, -0.2) is 20.3 Å². The van der Waals surface area contributed by atoms with E-state index >= 15 is 0 Å². The van der Waals surface area contributed by atoms with Gasteiger partial charge in [-0.15, -0.1) is 0 Å². The van der Waals surface area contributed by atoms with Gasteiger partial charge in [0, 0.05) is 20.6 Å². The van der Waals surface area contributed by atoms with Gasteiger partial charge < -0.3 is 13.7 Å². The van der Waals surface area contributed by atoms with Crippen molar-refractivity contribution >= 4 is 10.9 Å². The van der Waals surface area contributed by atoms with Crippen LogP contribution in [0.2, 0.25) is 0 Å². The fourth-order valence-electron chi connectivity index (χ4n) is 4.25. The number of ether oxygens (including phenoxy) is 1. The van der Waals surface area contributed by atoms with E-state index in [4.69, 9.17) is 9.15 Å². The molecule has 0 saturated heterocycles. The molecule has 0 spiro atoms. The van der Waals surface area contributed by atoms with Crippen LogP contribution < -0.4 is 11.2 Å². The molecular weight excluding hydrogens is 370 g/mol. The van der Waals surface area contributed by atoms with Gasteiger partial charge in [-0.1, -0.05) is 29.8 Å². The smallest absolute Gasteiger partial charge is 0.331 e. The second kappa shape index (κ2) is 6.35. The van der Waals surface area contributed by atoms with Crippen LogP contribution in [0.5, 0.6) is 0 Å². The zero-order valence-electron chi connectivity index (χ0n) is 16.5. The molecule has 3 aromatic heterocycles. The summed E-state index contributed by atoms with van der Waals surface area (Å²) >= 11 is 0. The van der Waals surface area contributed by atoms with E-state index in [0.29, 0.717) is 29.8 Å². The summed E-state index contributed by atoms with van der Waals surface area (Å²) in [4.78, 5) is 26.0. The van der Waals surface area contributed by atoms with E-state index in [1.807, 2.05) is 43.3 Å². The summed E-state index contributed by atoms with van der Waals surface area (Å²) in [6.45, 7) is 3.09. The number of aryl methyl sites for hydroxylation is 2. The highest BCUT2D eigenvalue weighted by Crippen LogP contribution is 2.40. The summed E-state index contributed by atoms with van der Waals surface area (Å²) in [7, 11) is 3.21. The highest BCUT2D eigenvalue weighted by Gasteiger charge is 2.34. The van der Waals surface area contributed by atoms with E-state index in [9.17, 15) is 9.59 Å². The summed E-state index contributed by atoms with van der Waals surface area (Å²) in [6.07, 6.45) is 1.11. The van der Waals surface area contributed by atoms with Gasteiger partial charge in [-0.05, 0) is 24.6 Å². The number of fused-ring (bicyclic) bond motifs is 3. The van der Waals surface area contributed by atoms with Crippen LogP contribution in [0.1, 0.15) is 23.1 Å². The monoisotopic (exact) mass is 391 g/mol. The van der Waals surface area contributed by atoms with Gasteiger partial charge in [-0.25, -0.2) is 4.79 Å². The van der Waals surface area contributed by atoms with Crippen LogP contribution in [0.15, 0.2) is 56.7 Å². The van der Waals surface area contributed by atoms with Crippen molar-refractivity contribution in [2.45, 2.75) is 19.6 Å². The Morgan fingerprint density at radius 1 is 1.03 bits per heavy atom. The van der Waals surface area contributed by atoms with Gasteiger partial charge in [0.15, 0.2) is 6.10 Å². The maximum absolute atomic E-state index is 13.2. The summed E-state index contributed by atoms with van der Waals surface area (Å²) in [5, 5.41) is 0.524. The van der Waals surface area contributed by atoms with Gasteiger partial charge in [0.25, 0.3) is 5.56 Å². The van der Waals surface area contributed by atoms with E-state index in [0.717, 1.165) is 27.1 Å². The number of nitrogens with zero attached hydrogens (tertiary/aromatic N) is 3. The van der Waals surface area contributed by atoms with Crippen LogP contribution >= 0.6 is 0 Å². The van der Waals surface area contributed by atoms with E-state index < -0.39 is 6.10 Å². The van der Waals surface area contributed by atoms with E-state index in [1.165, 1.54) is 11.6 Å². The molecule has 0 aliphatic carbocycles.